The van der Waals surface area contributed by atoms with Crippen molar-refractivity contribution in [2.75, 3.05) is 6.54 Å². The van der Waals surface area contributed by atoms with Crippen molar-refractivity contribution in [2.24, 2.45) is 5.92 Å². The molecule has 1 aromatic heterocycles. The van der Waals surface area contributed by atoms with E-state index in [1.54, 1.807) is 11.3 Å². The van der Waals surface area contributed by atoms with Crippen LogP contribution in [0.25, 0.3) is 0 Å². The molecule has 1 aromatic rings. The number of thiophene rings is 1. The monoisotopic (exact) mass is 297 g/mol. The molecule has 20 heavy (non-hydrogen) atoms. The summed E-state index contributed by atoms with van der Waals surface area (Å²) in [6.45, 7) is 2.66. The van der Waals surface area contributed by atoms with E-state index in [4.69, 9.17) is 9.84 Å². The first-order valence-corrected chi connectivity index (χ1v) is 7.62. The molecule has 3 atom stereocenters. The number of aliphatic carboxylic acids is 1. The van der Waals surface area contributed by atoms with Gasteiger partial charge in [0.25, 0.3) is 0 Å². The van der Waals surface area contributed by atoms with Crippen molar-refractivity contribution < 1.29 is 19.4 Å². The zero-order chi connectivity index (χ0) is 14.5. The first-order valence-electron chi connectivity index (χ1n) is 6.74. The van der Waals surface area contributed by atoms with Crippen LogP contribution in [0.15, 0.2) is 17.5 Å². The Hall–Kier alpha value is -1.40. The number of hydrogen-bond donors (Lipinski definition) is 2. The van der Waals surface area contributed by atoms with E-state index in [2.05, 4.69) is 18.3 Å². The maximum Gasteiger partial charge on any atom is 0.332 e. The van der Waals surface area contributed by atoms with Crippen molar-refractivity contribution in [2.45, 2.75) is 38.4 Å². The minimum atomic E-state index is -0.994. The van der Waals surface area contributed by atoms with Crippen LogP contribution in [0, 0.1) is 5.92 Å². The fourth-order valence-electron chi connectivity index (χ4n) is 2.24. The Morgan fingerprint density at radius 1 is 1.50 bits per heavy atom. The molecule has 0 radical (unpaired) electrons. The molecule has 5 nitrogen and oxygen atoms in total. The highest BCUT2D eigenvalue weighted by Gasteiger charge is 2.34. The predicted octanol–water partition coefficient (Wildman–Crippen LogP) is 1.68. The highest BCUT2D eigenvalue weighted by molar-refractivity contribution is 7.09. The first kappa shape index (κ1) is 15.0. The second-order valence-electron chi connectivity index (χ2n) is 5.16. The molecule has 1 saturated heterocycles. The van der Waals surface area contributed by atoms with E-state index in [1.165, 1.54) is 4.88 Å². The van der Waals surface area contributed by atoms with Gasteiger partial charge in [0.05, 0.1) is 0 Å². The lowest BCUT2D eigenvalue weighted by Crippen LogP contribution is -2.38. The van der Waals surface area contributed by atoms with Crippen LogP contribution in [0.3, 0.4) is 0 Å². The van der Waals surface area contributed by atoms with Gasteiger partial charge in [-0.1, -0.05) is 13.0 Å². The molecule has 1 unspecified atom stereocenters. The zero-order valence-electron chi connectivity index (χ0n) is 11.4. The average molecular weight is 297 g/mol. The third-order valence-corrected chi connectivity index (χ3v) is 4.24. The lowest BCUT2D eigenvalue weighted by atomic mass is 10.1. The molecule has 1 fully saturated rings. The molecular formula is C14H19NO4S. The van der Waals surface area contributed by atoms with E-state index >= 15 is 0 Å². The highest BCUT2D eigenvalue weighted by Crippen LogP contribution is 2.20. The van der Waals surface area contributed by atoms with Gasteiger partial charge >= 0.3 is 5.97 Å². The third kappa shape index (κ3) is 4.05. The van der Waals surface area contributed by atoms with Crippen LogP contribution >= 0.6 is 11.3 Å². The van der Waals surface area contributed by atoms with Gasteiger partial charge in [0, 0.05) is 11.4 Å². The Morgan fingerprint density at radius 3 is 2.85 bits per heavy atom. The average Bonchev–Trinajstić information content (AvgIpc) is 3.06. The molecule has 1 aliphatic heterocycles. The predicted molar refractivity (Wildman–Crippen MR) is 75.7 cm³/mol. The van der Waals surface area contributed by atoms with Crippen molar-refractivity contribution in [3.05, 3.63) is 22.4 Å². The van der Waals surface area contributed by atoms with E-state index < -0.39 is 18.2 Å². The molecule has 6 heteroatoms. The molecule has 0 spiro atoms. The number of carbonyl (C=O) groups is 2. The molecule has 2 heterocycles. The smallest absolute Gasteiger partial charge is 0.332 e. The fraction of sp³-hybridized carbons (Fsp3) is 0.571. The number of hydrogen-bond acceptors (Lipinski definition) is 4. The SMILES string of the molecule is CC(CNC(=O)[C@@H]1CC[C@H](C(=O)O)O1)Cc1cccs1. The van der Waals surface area contributed by atoms with Gasteiger partial charge in [-0.3, -0.25) is 4.79 Å². The minimum Gasteiger partial charge on any atom is -0.479 e. The molecule has 0 aliphatic carbocycles. The summed E-state index contributed by atoms with van der Waals surface area (Å²) in [7, 11) is 0. The Morgan fingerprint density at radius 2 is 2.25 bits per heavy atom. The Labute approximate surface area is 121 Å². The summed E-state index contributed by atoms with van der Waals surface area (Å²) < 4.78 is 5.21. The first-order chi connectivity index (χ1) is 9.56. The largest absolute Gasteiger partial charge is 0.479 e. The maximum atomic E-state index is 11.9. The number of rotatable bonds is 6. The second-order valence-corrected chi connectivity index (χ2v) is 6.20. The van der Waals surface area contributed by atoms with Gasteiger partial charge in [0.2, 0.25) is 5.91 Å². The third-order valence-electron chi connectivity index (χ3n) is 3.34. The van der Waals surface area contributed by atoms with Crippen molar-refractivity contribution >= 4 is 23.2 Å². The molecule has 1 amide bonds. The normalized spacial score (nSPS) is 23.4. The van der Waals surface area contributed by atoms with Gasteiger partial charge in [-0.15, -0.1) is 11.3 Å². The number of carboxylic acid groups (broad SMARTS) is 1. The van der Waals surface area contributed by atoms with Gasteiger partial charge in [0.15, 0.2) is 6.10 Å². The van der Waals surface area contributed by atoms with Crippen LogP contribution in [0.4, 0.5) is 0 Å². The van der Waals surface area contributed by atoms with Crippen molar-refractivity contribution in [1.82, 2.24) is 5.32 Å². The van der Waals surface area contributed by atoms with E-state index in [-0.39, 0.29) is 5.91 Å². The molecule has 2 N–H and O–H groups in total. The Bertz CT molecular complexity index is 460. The summed E-state index contributed by atoms with van der Waals surface area (Å²) in [5, 5.41) is 13.7. The molecule has 2 rings (SSSR count). The number of carboxylic acids is 1. The number of amides is 1. The highest BCUT2D eigenvalue weighted by atomic mass is 32.1. The van der Waals surface area contributed by atoms with Gasteiger partial charge in [-0.2, -0.15) is 0 Å². The second kappa shape index (κ2) is 6.85. The quantitative estimate of drug-likeness (QED) is 0.837. The molecule has 0 bridgehead atoms. The summed E-state index contributed by atoms with van der Waals surface area (Å²) in [6.07, 6.45) is 0.348. The zero-order valence-corrected chi connectivity index (χ0v) is 12.2. The van der Waals surface area contributed by atoms with Crippen LogP contribution in [-0.4, -0.2) is 35.7 Å². The molecular weight excluding hydrogens is 278 g/mol. The van der Waals surface area contributed by atoms with Crippen LogP contribution in [0.2, 0.25) is 0 Å². The lowest BCUT2D eigenvalue weighted by Gasteiger charge is -2.15. The fourth-order valence-corrected chi connectivity index (χ4v) is 3.11. The van der Waals surface area contributed by atoms with Crippen molar-refractivity contribution in [1.29, 1.82) is 0 Å². The lowest BCUT2D eigenvalue weighted by molar-refractivity contribution is -0.151. The number of nitrogens with one attached hydrogen (secondary N) is 1. The Balaban J connectivity index is 1.71. The topological polar surface area (TPSA) is 75.6 Å². The number of carbonyl (C=O) groups excluding carboxylic acids is 1. The van der Waals surface area contributed by atoms with E-state index in [0.717, 1.165) is 6.42 Å². The van der Waals surface area contributed by atoms with Gasteiger partial charge in [0.1, 0.15) is 6.10 Å². The summed E-state index contributed by atoms with van der Waals surface area (Å²) in [5.74, 6) is -0.854. The minimum absolute atomic E-state index is 0.202. The van der Waals surface area contributed by atoms with E-state index in [1.807, 2.05) is 11.4 Å². The standard InChI is InChI=1S/C14H19NO4S/c1-9(7-10-3-2-6-20-10)8-15-13(16)11-4-5-12(19-11)14(17)18/h2-3,6,9,11-12H,4-5,7-8H2,1H3,(H,15,16)(H,17,18)/t9?,11-,12+/m0/s1. The molecule has 0 aromatic carbocycles. The number of ether oxygens (including phenoxy) is 1. The van der Waals surface area contributed by atoms with E-state index in [0.29, 0.717) is 25.3 Å². The van der Waals surface area contributed by atoms with Crippen molar-refractivity contribution in [3.63, 3.8) is 0 Å². The van der Waals surface area contributed by atoms with Gasteiger partial charge < -0.3 is 15.2 Å². The maximum absolute atomic E-state index is 11.9. The molecule has 110 valence electrons. The summed E-state index contributed by atoms with van der Waals surface area (Å²) in [6, 6.07) is 4.10. The van der Waals surface area contributed by atoms with E-state index in [9.17, 15) is 9.59 Å². The van der Waals surface area contributed by atoms with Gasteiger partial charge in [-0.05, 0) is 36.6 Å². The Kier molecular flexibility index (Phi) is 5.14. The van der Waals surface area contributed by atoms with Crippen LogP contribution < -0.4 is 5.32 Å². The summed E-state index contributed by atoms with van der Waals surface area (Å²) >= 11 is 1.71. The summed E-state index contributed by atoms with van der Waals surface area (Å²) in [5.41, 5.74) is 0. The van der Waals surface area contributed by atoms with Crippen LogP contribution in [-0.2, 0) is 20.7 Å². The van der Waals surface area contributed by atoms with Crippen molar-refractivity contribution in [3.8, 4) is 0 Å². The van der Waals surface area contributed by atoms with Gasteiger partial charge in [-0.25, -0.2) is 4.79 Å². The molecule has 1 aliphatic rings. The van der Waals surface area contributed by atoms with Crippen LogP contribution in [0.5, 0.6) is 0 Å². The van der Waals surface area contributed by atoms with Crippen LogP contribution in [0.1, 0.15) is 24.6 Å². The summed E-state index contributed by atoms with van der Waals surface area (Å²) in [4.78, 5) is 24.0. The molecule has 0 saturated carbocycles.